The topological polar surface area (TPSA) is 192 Å². The number of aliphatic hydroxyl groups excluding tert-OH is 2. The summed E-state index contributed by atoms with van der Waals surface area (Å²) in [5, 5.41) is 39.1. The minimum Gasteiger partial charge on any atom is -0.462 e. The quantitative estimate of drug-likeness (QED) is 0.132. The molecular weight excluding hydrogens is 825 g/mol. The molecule has 3 aliphatic rings. The molecule has 0 bridgehead atoms. The molecule has 0 amide bonds. The van der Waals surface area contributed by atoms with Gasteiger partial charge in [0.25, 0.3) is 0 Å². The third kappa shape index (κ3) is 16.1. The Morgan fingerprint density at radius 3 is 2.34 bits per heavy atom. The van der Waals surface area contributed by atoms with E-state index in [2.05, 4.69) is 17.4 Å². The summed E-state index contributed by atoms with van der Waals surface area (Å²) in [7, 11) is 5.03. The Morgan fingerprint density at radius 1 is 0.969 bits per heavy atom. The molecule has 0 unspecified atom stereocenters. The fourth-order valence-electron chi connectivity index (χ4n) is 9.08. The number of aryl methyl sites for hydroxylation is 1. The Hall–Kier alpha value is -3.09. The summed E-state index contributed by atoms with van der Waals surface area (Å²) in [6.07, 6.45) is -0.911. The van der Waals surface area contributed by atoms with Crippen LogP contribution in [0.3, 0.4) is 0 Å². The summed E-state index contributed by atoms with van der Waals surface area (Å²) in [6.45, 7) is 13.8. The SMILES string of the molecule is CO[C@@H]1[C@@H](O[C@@H]2O[C@H](C)[C@@H](O[C@H]3C[C@@](C)(O)[C@@H](OC(=O)CC(C)C)[C@H](C)O3)[C@H](N(C)C)[C@H]2O)[C@@H](CCNCCCc2ccccc2)C[C@@H](C)C(=O)C=CC=CC[C@@H](C)OC(=O)C[C@@H]1O. The number of methoxy groups -OCH3 is 1. The number of nitrogens with one attached hydrogen (secondary N) is 1. The number of hydrogen-bond acceptors (Lipinski definition) is 15. The van der Waals surface area contributed by atoms with Crippen LogP contribution in [0.4, 0.5) is 0 Å². The average Bonchev–Trinajstić information content (AvgIpc) is 3.20. The van der Waals surface area contributed by atoms with Crippen molar-refractivity contribution in [2.45, 2.75) is 179 Å². The predicted molar refractivity (Wildman–Crippen MR) is 241 cm³/mol. The lowest BCUT2D eigenvalue weighted by Gasteiger charge is -2.50. The van der Waals surface area contributed by atoms with Crippen molar-refractivity contribution >= 4 is 17.7 Å². The Morgan fingerprint density at radius 2 is 1.69 bits per heavy atom. The summed E-state index contributed by atoms with van der Waals surface area (Å²) in [4.78, 5) is 41.1. The molecule has 2 saturated heterocycles. The maximum atomic E-state index is 13.5. The van der Waals surface area contributed by atoms with Crippen LogP contribution >= 0.6 is 0 Å². The molecule has 1 aromatic rings. The second-order valence-corrected chi connectivity index (χ2v) is 18.9. The van der Waals surface area contributed by atoms with Crippen LogP contribution in [0.15, 0.2) is 54.6 Å². The Bertz CT molecular complexity index is 1640. The van der Waals surface area contributed by atoms with Gasteiger partial charge in [-0.25, -0.2) is 0 Å². The summed E-state index contributed by atoms with van der Waals surface area (Å²) in [5.74, 6) is -1.92. The zero-order chi connectivity index (χ0) is 47.1. The molecule has 4 rings (SSSR count). The van der Waals surface area contributed by atoms with Crippen molar-refractivity contribution in [1.82, 2.24) is 10.2 Å². The Labute approximate surface area is 381 Å². The number of likely N-dealkylation sites (N-methyl/N-ethyl adjacent to an activating group) is 1. The maximum Gasteiger partial charge on any atom is 0.308 e. The van der Waals surface area contributed by atoms with Crippen molar-refractivity contribution < 1.29 is 62.9 Å². The van der Waals surface area contributed by atoms with Crippen molar-refractivity contribution in [3.05, 3.63) is 60.2 Å². The summed E-state index contributed by atoms with van der Waals surface area (Å²) in [5.41, 5.74) is -0.229. The molecular formula is C49H78N2O13. The van der Waals surface area contributed by atoms with Gasteiger partial charge in [0.2, 0.25) is 0 Å². The lowest BCUT2D eigenvalue weighted by Crippen LogP contribution is -2.66. The van der Waals surface area contributed by atoms with Crippen LogP contribution < -0.4 is 5.32 Å². The van der Waals surface area contributed by atoms with Crippen LogP contribution in [0.25, 0.3) is 0 Å². The predicted octanol–water partition coefficient (Wildman–Crippen LogP) is 4.67. The molecule has 1 aromatic carbocycles. The Kier molecular flexibility index (Phi) is 21.5. The van der Waals surface area contributed by atoms with E-state index in [4.69, 9.17) is 33.2 Å². The van der Waals surface area contributed by atoms with E-state index in [0.29, 0.717) is 25.8 Å². The first-order valence-electron chi connectivity index (χ1n) is 23.2. The number of ketones is 1. The van der Waals surface area contributed by atoms with E-state index in [9.17, 15) is 29.7 Å². The van der Waals surface area contributed by atoms with Gasteiger partial charge in [0, 0.05) is 32.3 Å². The number of esters is 2. The number of cyclic esters (lactones) is 1. The summed E-state index contributed by atoms with van der Waals surface area (Å²) >= 11 is 0. The number of carbonyl (C=O) groups is 3. The molecule has 3 aliphatic heterocycles. The molecule has 3 heterocycles. The fourth-order valence-corrected chi connectivity index (χ4v) is 9.08. The lowest BCUT2D eigenvalue weighted by atomic mass is 9.82. The van der Waals surface area contributed by atoms with E-state index in [0.717, 1.165) is 19.4 Å². The van der Waals surface area contributed by atoms with Crippen molar-refractivity contribution in [3.63, 3.8) is 0 Å². The molecule has 0 saturated carbocycles. The standard InChI is InChI=1S/C49H78N2O13/c1-30(2)26-39(54)62-47-34(6)60-41(29-49(47,7)57)63-44-33(5)61-48(43(56)42(44)51(8)9)64-45-36(23-25-50-24-17-21-35-19-14-12-15-20-35)27-31(3)37(52)22-16-11-13-18-32(4)59-40(55)28-38(53)46(45)58-10/h11-16,19-20,22,30-34,36,38,41-48,50,53,56-57H,17-18,21,23-29H2,1-10H3/t31-,32-,33-,34+,36+,38+,41+,42-,43-,44-,45+,46+,47+,48+,49-/m1/s1. The highest BCUT2D eigenvalue weighted by Gasteiger charge is 2.52. The normalized spacial score (nSPS) is 36.0. The molecule has 4 N–H and O–H groups in total. The Balaban J connectivity index is 1.60. The highest BCUT2D eigenvalue weighted by atomic mass is 16.7. The number of hydrogen-bond donors (Lipinski definition) is 4. The molecule has 0 spiro atoms. The highest BCUT2D eigenvalue weighted by molar-refractivity contribution is 5.91. The largest absolute Gasteiger partial charge is 0.462 e. The average molecular weight is 903 g/mol. The highest BCUT2D eigenvalue weighted by Crippen LogP contribution is 2.37. The molecule has 0 aliphatic carbocycles. The first-order valence-corrected chi connectivity index (χ1v) is 23.2. The van der Waals surface area contributed by atoms with Gasteiger partial charge in [-0.05, 0) is 104 Å². The molecule has 0 aromatic heterocycles. The second-order valence-electron chi connectivity index (χ2n) is 18.9. The van der Waals surface area contributed by atoms with Gasteiger partial charge < -0.3 is 58.7 Å². The van der Waals surface area contributed by atoms with Gasteiger partial charge in [-0.1, -0.05) is 69.3 Å². The van der Waals surface area contributed by atoms with E-state index in [1.807, 2.05) is 49.9 Å². The van der Waals surface area contributed by atoms with Gasteiger partial charge in [0.1, 0.15) is 30.0 Å². The molecule has 2 fully saturated rings. The van der Waals surface area contributed by atoms with E-state index in [1.54, 1.807) is 53.9 Å². The number of allylic oxidation sites excluding steroid dienone is 3. The molecule has 0 radical (unpaired) electrons. The van der Waals surface area contributed by atoms with Crippen molar-refractivity contribution in [2.75, 3.05) is 34.3 Å². The minimum absolute atomic E-state index is 0.0165. The van der Waals surface area contributed by atoms with Gasteiger partial charge >= 0.3 is 11.9 Å². The smallest absolute Gasteiger partial charge is 0.308 e. The first-order chi connectivity index (χ1) is 30.3. The van der Waals surface area contributed by atoms with Gasteiger partial charge in [-0.3, -0.25) is 14.4 Å². The van der Waals surface area contributed by atoms with Crippen molar-refractivity contribution in [2.24, 2.45) is 17.8 Å². The van der Waals surface area contributed by atoms with Crippen molar-refractivity contribution in [1.29, 1.82) is 0 Å². The molecule has 362 valence electrons. The van der Waals surface area contributed by atoms with E-state index in [1.165, 1.54) is 18.7 Å². The van der Waals surface area contributed by atoms with Crippen molar-refractivity contribution in [3.8, 4) is 0 Å². The fraction of sp³-hybridized carbons (Fsp3) is 0.735. The zero-order valence-corrected chi connectivity index (χ0v) is 39.8. The van der Waals surface area contributed by atoms with Crippen LogP contribution in [0.5, 0.6) is 0 Å². The zero-order valence-electron chi connectivity index (χ0n) is 39.8. The maximum absolute atomic E-state index is 13.5. The third-order valence-corrected chi connectivity index (χ3v) is 12.4. The molecule has 64 heavy (non-hydrogen) atoms. The number of carbonyl (C=O) groups excluding carboxylic acids is 3. The van der Waals surface area contributed by atoms with Gasteiger partial charge in [-0.15, -0.1) is 0 Å². The summed E-state index contributed by atoms with van der Waals surface area (Å²) in [6, 6.07) is 9.53. The summed E-state index contributed by atoms with van der Waals surface area (Å²) < 4.78 is 43.4. The third-order valence-electron chi connectivity index (χ3n) is 12.4. The number of ether oxygens (including phenoxy) is 7. The van der Waals surface area contributed by atoms with Gasteiger partial charge in [-0.2, -0.15) is 0 Å². The van der Waals surface area contributed by atoms with Crippen LogP contribution in [0.1, 0.15) is 99.0 Å². The van der Waals surface area contributed by atoms with Crippen LogP contribution in [0.2, 0.25) is 0 Å². The molecule has 15 nitrogen and oxygen atoms in total. The minimum atomic E-state index is -1.48. The lowest BCUT2D eigenvalue weighted by molar-refractivity contribution is -0.344. The van der Waals surface area contributed by atoms with E-state index >= 15 is 0 Å². The number of benzene rings is 1. The van der Waals surface area contributed by atoms with Crippen LogP contribution in [-0.2, 0) is 54.0 Å². The van der Waals surface area contributed by atoms with E-state index < -0.39 is 103 Å². The number of aliphatic hydroxyl groups is 3. The van der Waals surface area contributed by atoms with Crippen LogP contribution in [-0.4, -0.2) is 151 Å². The van der Waals surface area contributed by atoms with E-state index in [-0.39, 0.29) is 31.0 Å². The van der Waals surface area contributed by atoms with Gasteiger partial charge in [0.05, 0.1) is 36.9 Å². The van der Waals surface area contributed by atoms with Crippen LogP contribution in [0, 0.1) is 17.8 Å². The first kappa shape index (κ1) is 53.5. The second kappa shape index (κ2) is 25.7. The number of nitrogens with zero attached hydrogens (tertiary/aromatic N) is 1. The monoisotopic (exact) mass is 903 g/mol. The molecule has 15 heteroatoms. The van der Waals surface area contributed by atoms with Gasteiger partial charge in [0.15, 0.2) is 24.5 Å². The molecule has 15 atom stereocenters. The number of rotatable bonds is 16.